The molecule has 0 atom stereocenters. The van der Waals surface area contributed by atoms with Crippen molar-refractivity contribution < 1.29 is 4.74 Å². The van der Waals surface area contributed by atoms with Crippen molar-refractivity contribution in [2.75, 3.05) is 7.11 Å². The van der Waals surface area contributed by atoms with Crippen LogP contribution < -0.4 is 4.74 Å². The molecule has 3 aromatic carbocycles. The van der Waals surface area contributed by atoms with Gasteiger partial charge in [-0.3, -0.25) is 5.10 Å². The number of benzene rings is 3. The summed E-state index contributed by atoms with van der Waals surface area (Å²) in [5.41, 5.74) is 8.48. The number of aryl methyl sites for hydroxylation is 1. The van der Waals surface area contributed by atoms with E-state index in [0.717, 1.165) is 45.2 Å². The molecule has 0 aliphatic rings. The van der Waals surface area contributed by atoms with E-state index in [1.165, 1.54) is 5.56 Å². The lowest BCUT2D eigenvalue weighted by molar-refractivity contribution is 0.415. The number of aromatic amines is 1. The van der Waals surface area contributed by atoms with Crippen LogP contribution in [0.15, 0.2) is 84.9 Å². The highest BCUT2D eigenvalue weighted by molar-refractivity contribution is 5.83. The molecule has 4 nitrogen and oxygen atoms in total. The maximum Gasteiger partial charge on any atom is 0.154 e. The van der Waals surface area contributed by atoms with Crippen LogP contribution in [0.5, 0.6) is 5.75 Å². The lowest BCUT2D eigenvalue weighted by Gasteiger charge is -2.07. The average Bonchev–Trinajstić information content (AvgIpc) is 3.33. The molecule has 4 heteroatoms. The van der Waals surface area contributed by atoms with Crippen molar-refractivity contribution in [3.8, 4) is 39.5 Å². The number of hydrogen-bond donors (Lipinski definition) is 1. The molecule has 5 aromatic rings. The van der Waals surface area contributed by atoms with E-state index in [2.05, 4.69) is 71.1 Å². The predicted molar refractivity (Wildman–Crippen MR) is 117 cm³/mol. The average molecular weight is 379 g/mol. The summed E-state index contributed by atoms with van der Waals surface area (Å²) in [5, 5.41) is 3.54. The summed E-state index contributed by atoms with van der Waals surface area (Å²) in [5.74, 6) is 0.835. The second-order valence-corrected chi connectivity index (χ2v) is 7.13. The van der Waals surface area contributed by atoms with Gasteiger partial charge < -0.3 is 4.74 Å². The molecule has 2 aromatic heterocycles. The van der Waals surface area contributed by atoms with Crippen LogP contribution in [-0.2, 0) is 0 Å². The normalized spacial score (nSPS) is 11.1. The third kappa shape index (κ3) is 3.09. The number of fused-ring (bicyclic) bond motifs is 1. The number of H-pyrrole nitrogens is 1. The van der Waals surface area contributed by atoms with Crippen LogP contribution in [0.4, 0.5) is 0 Å². The Hall–Kier alpha value is -3.79. The molecule has 0 radical (unpaired) electrons. The Morgan fingerprint density at radius 2 is 1.48 bits per heavy atom. The Balaban J connectivity index is 1.72. The van der Waals surface area contributed by atoms with Gasteiger partial charge in [-0.2, -0.15) is 0 Å². The standard InChI is InChI=1S/C25H21N3O/c1-17-8-10-20(11-9-17)25-24(19-12-14-21(29-2)15-13-19)26-23-16-22(27-28(23)25)18-6-4-3-5-7-18/h3-16,27H,1-2H3. The quantitative estimate of drug-likeness (QED) is 0.417. The molecule has 0 amide bonds. The Labute approximate surface area is 169 Å². The molecule has 0 saturated heterocycles. The first-order valence-corrected chi connectivity index (χ1v) is 9.61. The van der Waals surface area contributed by atoms with Crippen molar-refractivity contribution in [2.24, 2.45) is 0 Å². The van der Waals surface area contributed by atoms with Crippen molar-refractivity contribution in [1.82, 2.24) is 14.6 Å². The minimum absolute atomic E-state index is 0.835. The molecule has 0 aliphatic heterocycles. The second-order valence-electron chi connectivity index (χ2n) is 7.13. The Morgan fingerprint density at radius 3 is 2.17 bits per heavy atom. The molecule has 142 valence electrons. The van der Waals surface area contributed by atoms with Crippen LogP contribution in [0.2, 0.25) is 0 Å². The zero-order chi connectivity index (χ0) is 19.8. The van der Waals surface area contributed by atoms with Gasteiger partial charge >= 0.3 is 0 Å². The lowest BCUT2D eigenvalue weighted by atomic mass is 10.0. The molecule has 2 heterocycles. The van der Waals surface area contributed by atoms with Crippen LogP contribution in [0.1, 0.15) is 5.56 Å². The minimum Gasteiger partial charge on any atom is -0.497 e. The highest BCUT2D eigenvalue weighted by Crippen LogP contribution is 2.34. The zero-order valence-electron chi connectivity index (χ0n) is 16.4. The van der Waals surface area contributed by atoms with Gasteiger partial charge in [0.1, 0.15) is 5.75 Å². The Morgan fingerprint density at radius 1 is 0.793 bits per heavy atom. The molecule has 0 spiro atoms. The van der Waals surface area contributed by atoms with Gasteiger partial charge in [0.25, 0.3) is 0 Å². The molecule has 1 N–H and O–H groups in total. The fourth-order valence-corrected chi connectivity index (χ4v) is 3.62. The third-order valence-corrected chi connectivity index (χ3v) is 5.18. The summed E-state index contributed by atoms with van der Waals surface area (Å²) in [7, 11) is 1.68. The number of rotatable bonds is 4. The van der Waals surface area contributed by atoms with Gasteiger partial charge in [0.2, 0.25) is 0 Å². The molecule has 29 heavy (non-hydrogen) atoms. The van der Waals surface area contributed by atoms with Crippen molar-refractivity contribution in [3.05, 3.63) is 90.5 Å². The summed E-state index contributed by atoms with van der Waals surface area (Å²) in [6.45, 7) is 2.10. The number of hydrogen-bond acceptors (Lipinski definition) is 2. The second kappa shape index (κ2) is 6.99. The molecular weight excluding hydrogens is 358 g/mol. The fourth-order valence-electron chi connectivity index (χ4n) is 3.62. The van der Waals surface area contributed by atoms with Crippen LogP contribution in [-0.4, -0.2) is 21.7 Å². The molecule has 5 rings (SSSR count). The molecule has 0 fully saturated rings. The molecule has 0 aliphatic carbocycles. The molecule has 0 bridgehead atoms. The van der Waals surface area contributed by atoms with Gasteiger partial charge in [-0.1, -0.05) is 60.2 Å². The molecular formula is C25H21N3O. The van der Waals surface area contributed by atoms with Gasteiger partial charge in [0.05, 0.1) is 24.2 Å². The van der Waals surface area contributed by atoms with Crippen LogP contribution in [0.25, 0.3) is 39.4 Å². The first-order chi connectivity index (χ1) is 14.2. The van der Waals surface area contributed by atoms with E-state index >= 15 is 0 Å². The summed E-state index contributed by atoms with van der Waals surface area (Å²) in [4.78, 5) is 4.97. The fraction of sp³-hybridized carbons (Fsp3) is 0.0800. The number of methoxy groups -OCH3 is 1. The number of nitrogens with zero attached hydrogens (tertiary/aromatic N) is 2. The smallest absolute Gasteiger partial charge is 0.154 e. The highest BCUT2D eigenvalue weighted by atomic mass is 16.5. The highest BCUT2D eigenvalue weighted by Gasteiger charge is 2.18. The number of aromatic nitrogens is 3. The first-order valence-electron chi connectivity index (χ1n) is 9.61. The van der Waals surface area contributed by atoms with Crippen molar-refractivity contribution in [3.63, 3.8) is 0 Å². The van der Waals surface area contributed by atoms with E-state index in [1.807, 2.05) is 30.3 Å². The van der Waals surface area contributed by atoms with E-state index in [0.29, 0.717) is 0 Å². The molecule has 0 saturated carbocycles. The van der Waals surface area contributed by atoms with Crippen LogP contribution in [0.3, 0.4) is 0 Å². The number of imidazole rings is 1. The summed E-state index contributed by atoms with van der Waals surface area (Å²) < 4.78 is 7.39. The number of ether oxygens (including phenoxy) is 1. The van der Waals surface area contributed by atoms with Gasteiger partial charge in [-0.25, -0.2) is 9.50 Å². The van der Waals surface area contributed by atoms with Crippen molar-refractivity contribution in [1.29, 1.82) is 0 Å². The Bertz CT molecular complexity index is 1260. The van der Waals surface area contributed by atoms with Crippen molar-refractivity contribution >= 4 is 5.65 Å². The van der Waals surface area contributed by atoms with Crippen LogP contribution in [0, 0.1) is 6.92 Å². The topological polar surface area (TPSA) is 42.3 Å². The van der Waals surface area contributed by atoms with E-state index in [1.54, 1.807) is 7.11 Å². The third-order valence-electron chi connectivity index (χ3n) is 5.18. The zero-order valence-corrected chi connectivity index (χ0v) is 16.4. The van der Waals surface area contributed by atoms with E-state index < -0.39 is 0 Å². The number of nitrogens with one attached hydrogen (secondary N) is 1. The lowest BCUT2D eigenvalue weighted by Crippen LogP contribution is -1.92. The van der Waals surface area contributed by atoms with Gasteiger partial charge in [-0.05, 0) is 36.8 Å². The SMILES string of the molecule is COc1ccc(-c2nc3cc(-c4ccccc4)[nH]n3c2-c2ccc(C)cc2)cc1. The van der Waals surface area contributed by atoms with E-state index in [4.69, 9.17) is 9.72 Å². The monoisotopic (exact) mass is 379 g/mol. The first kappa shape index (κ1) is 17.3. The van der Waals surface area contributed by atoms with Crippen LogP contribution >= 0.6 is 0 Å². The van der Waals surface area contributed by atoms with Gasteiger partial charge in [-0.15, -0.1) is 0 Å². The van der Waals surface area contributed by atoms with E-state index in [9.17, 15) is 0 Å². The van der Waals surface area contributed by atoms with Crippen molar-refractivity contribution in [2.45, 2.75) is 6.92 Å². The summed E-state index contributed by atoms with van der Waals surface area (Å²) in [6, 6.07) is 29.0. The predicted octanol–water partition coefficient (Wildman–Crippen LogP) is 5.98. The van der Waals surface area contributed by atoms with Gasteiger partial charge in [0, 0.05) is 17.2 Å². The summed E-state index contributed by atoms with van der Waals surface area (Å²) >= 11 is 0. The van der Waals surface area contributed by atoms with E-state index in [-0.39, 0.29) is 0 Å². The molecule has 0 unspecified atom stereocenters. The largest absolute Gasteiger partial charge is 0.497 e. The Kier molecular flexibility index (Phi) is 4.17. The maximum atomic E-state index is 5.31. The summed E-state index contributed by atoms with van der Waals surface area (Å²) in [6.07, 6.45) is 0. The van der Waals surface area contributed by atoms with Gasteiger partial charge in [0.15, 0.2) is 5.65 Å². The minimum atomic E-state index is 0.835. The maximum absolute atomic E-state index is 5.31.